The van der Waals surface area contributed by atoms with Gasteiger partial charge in [-0.2, -0.15) is 0 Å². The normalized spacial score (nSPS) is 9.74. The van der Waals surface area contributed by atoms with Crippen molar-refractivity contribution in [3.63, 3.8) is 0 Å². The predicted octanol–water partition coefficient (Wildman–Crippen LogP) is 5.04. The topological polar surface area (TPSA) is 44.4 Å². The Balaban J connectivity index is -0.0000000853. The third kappa shape index (κ3) is 34.1. The van der Waals surface area contributed by atoms with E-state index in [1.807, 2.05) is 11.9 Å². The number of ketones is 1. The van der Waals surface area contributed by atoms with Crippen molar-refractivity contribution < 1.29 is 4.79 Å². The highest BCUT2D eigenvalue weighted by atomic mass is 16.1. The van der Waals surface area contributed by atoms with Gasteiger partial charge < -0.3 is 5.32 Å². The van der Waals surface area contributed by atoms with Crippen LogP contribution in [0.25, 0.3) is 0 Å². The molecule has 0 aliphatic carbocycles. The summed E-state index contributed by atoms with van der Waals surface area (Å²) in [6.07, 6.45) is 0. The maximum Gasteiger partial charge on any atom is 0.160 e. The van der Waals surface area contributed by atoms with E-state index in [-0.39, 0.29) is 61.4 Å². The van der Waals surface area contributed by atoms with Crippen LogP contribution in [0.2, 0.25) is 0 Å². The van der Waals surface area contributed by atoms with Crippen molar-refractivity contribution >= 4 is 5.78 Å². The van der Waals surface area contributed by atoms with Gasteiger partial charge in [-0.25, -0.2) is 0 Å². The fourth-order valence-electron chi connectivity index (χ4n) is 1.15. The van der Waals surface area contributed by atoms with E-state index in [2.05, 4.69) is 52.2 Å². The van der Waals surface area contributed by atoms with E-state index in [0.717, 1.165) is 6.67 Å². The molecule has 0 bridgehead atoms. The van der Waals surface area contributed by atoms with Crippen molar-refractivity contribution in [2.45, 2.75) is 97.2 Å². The SMILES string of the molecule is C.C.C.C.C.C.CN(CNC(C)(C)C)CC(=O)CNC(C)(C)C. The van der Waals surface area contributed by atoms with Crippen molar-refractivity contribution in [1.82, 2.24) is 15.5 Å². The average molecular weight is 340 g/mol. The molecule has 150 valence electrons. The molecule has 4 heteroatoms. The third-order valence-electron chi connectivity index (χ3n) is 2.14. The molecule has 0 fully saturated rings. The summed E-state index contributed by atoms with van der Waals surface area (Å²) >= 11 is 0. The minimum atomic E-state index is -0.00209. The van der Waals surface area contributed by atoms with E-state index < -0.39 is 0 Å². The Labute approximate surface area is 150 Å². The van der Waals surface area contributed by atoms with Gasteiger partial charge in [-0.3, -0.25) is 15.0 Å². The fraction of sp³-hybridized carbons (Fsp3) is 0.947. The second-order valence-electron chi connectivity index (χ2n) is 6.74. The summed E-state index contributed by atoms with van der Waals surface area (Å²) in [4.78, 5) is 13.7. The van der Waals surface area contributed by atoms with Crippen LogP contribution in [0.1, 0.15) is 86.1 Å². The van der Waals surface area contributed by atoms with Crippen LogP contribution in [0.3, 0.4) is 0 Å². The molecule has 0 saturated heterocycles. The van der Waals surface area contributed by atoms with Crippen molar-refractivity contribution in [2.75, 3.05) is 26.8 Å². The van der Waals surface area contributed by atoms with Gasteiger partial charge in [0.2, 0.25) is 0 Å². The van der Waals surface area contributed by atoms with Crippen LogP contribution >= 0.6 is 0 Å². The minimum absolute atomic E-state index is 0. The van der Waals surface area contributed by atoms with E-state index >= 15 is 0 Å². The number of hydrogen-bond acceptors (Lipinski definition) is 4. The van der Waals surface area contributed by atoms with Crippen LogP contribution in [0, 0.1) is 0 Å². The van der Waals surface area contributed by atoms with Gasteiger partial charge in [0.1, 0.15) is 0 Å². The fourth-order valence-corrected chi connectivity index (χ4v) is 1.15. The zero-order valence-corrected chi connectivity index (χ0v) is 12.5. The minimum Gasteiger partial charge on any atom is -0.305 e. The molecule has 0 aromatic rings. The second kappa shape index (κ2) is 17.9. The predicted molar refractivity (Wildman–Crippen MR) is 114 cm³/mol. The number of carbonyl (C=O) groups is 1. The van der Waals surface area contributed by atoms with Crippen molar-refractivity contribution in [1.29, 1.82) is 0 Å². The summed E-state index contributed by atoms with van der Waals surface area (Å²) in [5.41, 5.74) is 0.0822. The Bertz CT molecular complexity index is 240. The molecule has 0 atom stereocenters. The van der Waals surface area contributed by atoms with Gasteiger partial charge >= 0.3 is 0 Å². The van der Waals surface area contributed by atoms with Crippen molar-refractivity contribution in [3.05, 3.63) is 0 Å². The van der Waals surface area contributed by atoms with Crippen LogP contribution in [-0.2, 0) is 4.79 Å². The first-order valence-corrected chi connectivity index (χ1v) is 6.20. The molecule has 23 heavy (non-hydrogen) atoms. The van der Waals surface area contributed by atoms with Gasteiger partial charge in [0, 0.05) is 17.7 Å². The molecular formula is C19H53N3O. The first kappa shape index (κ1) is 43.3. The Kier molecular flexibility index (Phi) is 33.7. The smallest absolute Gasteiger partial charge is 0.160 e. The lowest BCUT2D eigenvalue weighted by Crippen LogP contribution is -2.46. The van der Waals surface area contributed by atoms with Gasteiger partial charge in [-0.15, -0.1) is 0 Å². The Morgan fingerprint density at radius 1 is 0.783 bits per heavy atom. The number of nitrogens with one attached hydrogen (secondary N) is 2. The third-order valence-corrected chi connectivity index (χ3v) is 2.14. The first-order chi connectivity index (χ1) is 7.49. The van der Waals surface area contributed by atoms with Crippen LogP contribution in [0.15, 0.2) is 0 Å². The van der Waals surface area contributed by atoms with E-state index in [9.17, 15) is 4.79 Å². The number of carbonyl (C=O) groups excluding carboxylic acids is 1. The molecule has 0 rings (SSSR count). The van der Waals surface area contributed by atoms with Crippen LogP contribution in [0.4, 0.5) is 0 Å². The molecule has 0 aliphatic rings. The van der Waals surface area contributed by atoms with Gasteiger partial charge in [0.25, 0.3) is 0 Å². The van der Waals surface area contributed by atoms with Crippen LogP contribution in [-0.4, -0.2) is 48.6 Å². The molecular weight excluding hydrogens is 286 g/mol. The molecule has 2 N–H and O–H groups in total. The van der Waals surface area contributed by atoms with Crippen LogP contribution in [0.5, 0.6) is 0 Å². The number of hydrogen-bond donors (Lipinski definition) is 2. The van der Waals surface area contributed by atoms with E-state index in [1.54, 1.807) is 0 Å². The summed E-state index contributed by atoms with van der Waals surface area (Å²) in [6.45, 7) is 14.2. The quantitative estimate of drug-likeness (QED) is 0.666. The van der Waals surface area contributed by atoms with E-state index in [0.29, 0.717) is 13.1 Å². The Morgan fingerprint density at radius 3 is 1.43 bits per heavy atom. The number of Topliss-reactive ketones (excluding diaryl/α,β-unsaturated/α-hetero) is 1. The summed E-state index contributed by atoms with van der Waals surface area (Å²) < 4.78 is 0. The van der Waals surface area contributed by atoms with Gasteiger partial charge in [0.15, 0.2) is 5.78 Å². The van der Waals surface area contributed by atoms with Crippen molar-refractivity contribution in [2.24, 2.45) is 0 Å². The second-order valence-corrected chi connectivity index (χ2v) is 6.74. The van der Waals surface area contributed by atoms with Gasteiger partial charge in [-0.1, -0.05) is 44.6 Å². The molecule has 0 spiro atoms. The molecule has 0 radical (unpaired) electrons. The summed E-state index contributed by atoms with van der Waals surface area (Å²) in [6, 6.07) is 0. The number of rotatable bonds is 6. The molecule has 0 aromatic carbocycles. The molecule has 0 saturated carbocycles. The monoisotopic (exact) mass is 339 g/mol. The van der Waals surface area contributed by atoms with E-state index in [4.69, 9.17) is 0 Å². The lowest BCUT2D eigenvalue weighted by Gasteiger charge is -2.26. The summed E-state index contributed by atoms with van der Waals surface area (Å²) in [5, 5.41) is 6.56. The molecule has 0 aromatic heterocycles. The van der Waals surface area contributed by atoms with Crippen molar-refractivity contribution in [3.8, 4) is 0 Å². The zero-order chi connectivity index (χ0) is 13.7. The van der Waals surface area contributed by atoms with Gasteiger partial charge in [-0.05, 0) is 48.6 Å². The van der Waals surface area contributed by atoms with E-state index in [1.165, 1.54) is 0 Å². The Hall–Kier alpha value is -0.450. The molecule has 4 nitrogen and oxygen atoms in total. The summed E-state index contributed by atoms with van der Waals surface area (Å²) in [5.74, 6) is 0.220. The maximum atomic E-state index is 11.7. The highest BCUT2D eigenvalue weighted by Gasteiger charge is 2.14. The highest BCUT2D eigenvalue weighted by Crippen LogP contribution is 1.99. The lowest BCUT2D eigenvalue weighted by molar-refractivity contribution is -0.119. The summed E-state index contributed by atoms with van der Waals surface area (Å²) in [7, 11) is 1.95. The highest BCUT2D eigenvalue weighted by molar-refractivity contribution is 5.82. The first-order valence-electron chi connectivity index (χ1n) is 6.20. The zero-order valence-electron chi connectivity index (χ0n) is 12.5. The molecule has 0 unspecified atom stereocenters. The van der Waals surface area contributed by atoms with Crippen LogP contribution < -0.4 is 10.6 Å². The average Bonchev–Trinajstić information content (AvgIpc) is 2.09. The number of likely N-dealkylation sites (N-methyl/N-ethyl adjacent to an activating group) is 1. The molecule has 0 amide bonds. The number of nitrogens with zero attached hydrogens (tertiary/aromatic N) is 1. The standard InChI is InChI=1S/C13H29N3O.6CH4/c1-12(2,3)14-8-11(17)9-16(7)10-15-13(4,5)6;;;;;;/h14-15H,8-10H2,1-7H3;6*1H4. The maximum absolute atomic E-state index is 11.7. The molecule has 0 aliphatic heterocycles. The largest absolute Gasteiger partial charge is 0.305 e. The lowest BCUT2D eigenvalue weighted by atomic mass is 10.1. The molecule has 0 heterocycles. The Morgan fingerprint density at radius 2 is 1.13 bits per heavy atom. The van der Waals surface area contributed by atoms with Gasteiger partial charge in [0.05, 0.1) is 13.1 Å².